The lowest BCUT2D eigenvalue weighted by Gasteiger charge is -2.24. The third kappa shape index (κ3) is 3.43. The summed E-state index contributed by atoms with van der Waals surface area (Å²) in [6.07, 6.45) is 4.66. The quantitative estimate of drug-likeness (QED) is 0.674. The van der Waals surface area contributed by atoms with E-state index < -0.39 is 5.79 Å². The normalized spacial score (nSPS) is 22.0. The lowest BCUT2D eigenvalue weighted by atomic mass is 9.95. The summed E-state index contributed by atoms with van der Waals surface area (Å²) in [7, 11) is 0. The van der Waals surface area contributed by atoms with Crippen molar-refractivity contribution < 1.29 is 18.7 Å². The molecule has 1 fully saturated rings. The second-order valence-electron chi connectivity index (χ2n) is 7.49. The van der Waals surface area contributed by atoms with E-state index in [4.69, 9.17) is 9.47 Å². The highest BCUT2D eigenvalue weighted by molar-refractivity contribution is 6.30. The SMILES string of the molecule is CCC1(CC)OC[C@H](CC=C2C(=O)c3cc(F)ccc3Cc3ccccc32)O1. The number of halogens is 1. The average molecular weight is 380 g/mol. The molecule has 4 heteroatoms. The van der Waals surface area contributed by atoms with E-state index in [1.54, 1.807) is 6.07 Å². The summed E-state index contributed by atoms with van der Waals surface area (Å²) in [5.41, 5.74) is 3.92. The van der Waals surface area contributed by atoms with Crippen LogP contribution in [0.25, 0.3) is 5.57 Å². The van der Waals surface area contributed by atoms with Crippen molar-refractivity contribution in [3.63, 3.8) is 0 Å². The van der Waals surface area contributed by atoms with Gasteiger partial charge in [-0.1, -0.05) is 50.3 Å². The molecule has 0 radical (unpaired) electrons. The smallest absolute Gasteiger partial charge is 0.193 e. The van der Waals surface area contributed by atoms with E-state index in [1.165, 1.54) is 12.1 Å². The summed E-state index contributed by atoms with van der Waals surface area (Å²) in [5.74, 6) is -1.03. The number of ether oxygens (including phenoxy) is 2. The van der Waals surface area contributed by atoms with Crippen molar-refractivity contribution in [1.29, 1.82) is 0 Å². The van der Waals surface area contributed by atoms with Crippen molar-refractivity contribution in [2.45, 2.75) is 51.4 Å². The third-order valence-electron chi connectivity index (χ3n) is 5.83. The maximum atomic E-state index is 13.8. The second kappa shape index (κ2) is 7.61. The van der Waals surface area contributed by atoms with Crippen LogP contribution in [0, 0.1) is 5.82 Å². The molecular formula is C24H25FO3. The molecule has 0 aromatic heterocycles. The summed E-state index contributed by atoms with van der Waals surface area (Å²) in [6.45, 7) is 4.63. The molecule has 0 saturated carbocycles. The highest BCUT2D eigenvalue weighted by atomic mass is 19.1. The number of carbonyl (C=O) groups is 1. The van der Waals surface area contributed by atoms with E-state index in [9.17, 15) is 9.18 Å². The summed E-state index contributed by atoms with van der Waals surface area (Å²) in [4.78, 5) is 13.3. The van der Waals surface area contributed by atoms with Crippen LogP contribution in [-0.2, 0) is 15.9 Å². The van der Waals surface area contributed by atoms with Crippen LogP contribution < -0.4 is 0 Å². The number of benzene rings is 2. The van der Waals surface area contributed by atoms with Crippen LogP contribution in [0.5, 0.6) is 0 Å². The first-order chi connectivity index (χ1) is 13.5. The van der Waals surface area contributed by atoms with Gasteiger partial charge in [-0.3, -0.25) is 4.79 Å². The molecule has 0 spiro atoms. The second-order valence-corrected chi connectivity index (χ2v) is 7.49. The van der Waals surface area contributed by atoms with Crippen molar-refractivity contribution in [3.8, 4) is 0 Å². The molecule has 0 bridgehead atoms. The monoisotopic (exact) mass is 380 g/mol. The van der Waals surface area contributed by atoms with Gasteiger partial charge in [-0.2, -0.15) is 0 Å². The highest BCUT2D eigenvalue weighted by Crippen LogP contribution is 2.35. The molecule has 146 valence electrons. The maximum Gasteiger partial charge on any atom is 0.193 e. The van der Waals surface area contributed by atoms with Gasteiger partial charge in [-0.25, -0.2) is 4.39 Å². The van der Waals surface area contributed by atoms with Gasteiger partial charge in [0.25, 0.3) is 0 Å². The minimum atomic E-state index is -0.510. The zero-order chi connectivity index (χ0) is 19.7. The molecule has 1 atom stereocenters. The number of carbonyl (C=O) groups excluding carboxylic acids is 1. The number of hydrogen-bond acceptors (Lipinski definition) is 3. The number of rotatable bonds is 4. The van der Waals surface area contributed by atoms with Crippen LogP contribution in [-0.4, -0.2) is 24.3 Å². The van der Waals surface area contributed by atoms with Crippen molar-refractivity contribution in [1.82, 2.24) is 0 Å². The Labute approximate surface area is 165 Å². The first-order valence-electron chi connectivity index (χ1n) is 9.98. The largest absolute Gasteiger partial charge is 0.347 e. The molecule has 0 N–H and O–H groups in total. The molecule has 1 saturated heterocycles. The Bertz CT molecular complexity index is 927. The van der Waals surface area contributed by atoms with Gasteiger partial charge in [-0.15, -0.1) is 0 Å². The Hall–Kier alpha value is -2.30. The summed E-state index contributed by atoms with van der Waals surface area (Å²) in [6, 6.07) is 12.4. The van der Waals surface area contributed by atoms with Crippen molar-refractivity contribution in [2.75, 3.05) is 6.61 Å². The van der Waals surface area contributed by atoms with Gasteiger partial charge < -0.3 is 9.47 Å². The third-order valence-corrected chi connectivity index (χ3v) is 5.83. The fraction of sp³-hybridized carbons (Fsp3) is 0.375. The maximum absolute atomic E-state index is 13.8. The predicted molar refractivity (Wildman–Crippen MR) is 107 cm³/mol. The molecule has 3 nitrogen and oxygen atoms in total. The van der Waals surface area contributed by atoms with Crippen molar-refractivity contribution >= 4 is 11.4 Å². The van der Waals surface area contributed by atoms with Gasteiger partial charge in [0.05, 0.1) is 12.7 Å². The molecule has 1 aliphatic carbocycles. The number of allylic oxidation sites excluding steroid dienone is 1. The van der Waals surface area contributed by atoms with Crippen molar-refractivity contribution in [3.05, 3.63) is 76.6 Å². The molecule has 2 aromatic rings. The first kappa shape index (κ1) is 19.0. The number of hydrogen-bond donors (Lipinski definition) is 0. The van der Waals surface area contributed by atoms with E-state index in [2.05, 4.69) is 13.8 Å². The average Bonchev–Trinajstić information content (AvgIpc) is 3.09. The molecular weight excluding hydrogens is 355 g/mol. The molecule has 0 amide bonds. The Morgan fingerprint density at radius 1 is 1.11 bits per heavy atom. The fourth-order valence-electron chi connectivity index (χ4n) is 4.13. The summed E-state index contributed by atoms with van der Waals surface area (Å²) < 4.78 is 25.9. The van der Waals surface area contributed by atoms with Crippen molar-refractivity contribution in [2.24, 2.45) is 0 Å². The summed E-state index contributed by atoms with van der Waals surface area (Å²) >= 11 is 0. The van der Waals surface area contributed by atoms with Gasteiger partial charge >= 0.3 is 0 Å². The molecule has 28 heavy (non-hydrogen) atoms. The molecule has 2 aliphatic rings. The molecule has 0 unspecified atom stereocenters. The van der Waals surface area contributed by atoms with Crippen LogP contribution in [0.2, 0.25) is 0 Å². The van der Waals surface area contributed by atoms with Crippen LogP contribution in [0.15, 0.2) is 48.5 Å². The standard InChI is InChI=1S/C24H25FO3/c1-3-24(4-2)27-15-19(28-24)11-12-21-20-8-6-5-7-16(20)13-17-9-10-18(25)14-22(17)23(21)26/h5-10,12,14,19H,3-4,11,13,15H2,1-2H3/t19-/m0/s1. The first-order valence-corrected chi connectivity index (χ1v) is 9.98. The van der Waals surface area contributed by atoms with Crippen LogP contribution >= 0.6 is 0 Å². The van der Waals surface area contributed by atoms with E-state index in [1.807, 2.05) is 30.3 Å². The summed E-state index contributed by atoms with van der Waals surface area (Å²) in [5, 5.41) is 0. The van der Waals surface area contributed by atoms with Crippen LogP contribution in [0.1, 0.15) is 60.2 Å². The Morgan fingerprint density at radius 3 is 2.61 bits per heavy atom. The fourth-order valence-corrected chi connectivity index (χ4v) is 4.13. The zero-order valence-electron chi connectivity index (χ0n) is 16.3. The minimum absolute atomic E-state index is 0.0809. The molecule has 4 rings (SSSR count). The van der Waals surface area contributed by atoms with Gasteiger partial charge in [0.2, 0.25) is 0 Å². The molecule has 1 aliphatic heterocycles. The van der Waals surface area contributed by atoms with Gasteiger partial charge in [0, 0.05) is 11.1 Å². The molecule has 1 heterocycles. The topological polar surface area (TPSA) is 35.5 Å². The number of fused-ring (bicyclic) bond motifs is 2. The predicted octanol–water partition coefficient (Wildman–Crippen LogP) is 5.32. The Kier molecular flexibility index (Phi) is 5.17. The van der Waals surface area contributed by atoms with E-state index in [0.29, 0.717) is 30.6 Å². The minimum Gasteiger partial charge on any atom is -0.347 e. The lowest BCUT2D eigenvalue weighted by molar-refractivity contribution is -0.171. The van der Waals surface area contributed by atoms with Gasteiger partial charge in [0.1, 0.15) is 5.82 Å². The van der Waals surface area contributed by atoms with Crippen LogP contribution in [0.3, 0.4) is 0 Å². The van der Waals surface area contributed by atoms with Gasteiger partial charge in [-0.05, 0) is 54.5 Å². The molecule has 2 aromatic carbocycles. The number of Topliss-reactive ketones (excluding diaryl/α,β-unsaturated/α-hetero) is 1. The van der Waals surface area contributed by atoms with Gasteiger partial charge in [0.15, 0.2) is 11.6 Å². The zero-order valence-corrected chi connectivity index (χ0v) is 16.3. The van der Waals surface area contributed by atoms with E-state index >= 15 is 0 Å². The Balaban J connectivity index is 1.69. The Morgan fingerprint density at radius 2 is 1.86 bits per heavy atom. The number of ketones is 1. The van der Waals surface area contributed by atoms with E-state index in [-0.39, 0.29) is 17.7 Å². The lowest BCUT2D eigenvalue weighted by Crippen LogP contribution is -2.28. The van der Waals surface area contributed by atoms with E-state index in [0.717, 1.165) is 29.5 Å². The van der Waals surface area contributed by atoms with Crippen LogP contribution in [0.4, 0.5) is 4.39 Å². The highest BCUT2D eigenvalue weighted by Gasteiger charge is 2.38.